The number of amides is 1. The number of unbranched alkanes of at least 4 members (excludes halogenated alkanes) is 1. The summed E-state index contributed by atoms with van der Waals surface area (Å²) in [5, 5.41) is 11.4. The predicted molar refractivity (Wildman–Crippen MR) is 96.7 cm³/mol. The number of hydrogen-bond donors (Lipinski definition) is 2. The highest BCUT2D eigenvalue weighted by Gasteiger charge is 2.34. The highest BCUT2D eigenvalue weighted by molar-refractivity contribution is 7.06. The molecule has 0 spiro atoms. The topological polar surface area (TPSA) is 49.3 Å². The smallest absolute Gasteiger partial charge is 0.266 e. The third-order valence-electron chi connectivity index (χ3n) is 4.13. The molecule has 2 N–H and O–H groups in total. The molecule has 0 saturated carbocycles. The molecule has 0 atom stereocenters. The standard InChI is InChI=1S/C19H23NO2Si/c1-2-3-15-23(16-14-19(21)20-22,17-10-6-4-7-11-17)18-12-8-5-9-13-18/h4-14,16,22H,2-3,15H2,1H3,(H,20,21). The average Bonchev–Trinajstić information content (AvgIpc) is 2.63. The van der Waals surface area contributed by atoms with Crippen LogP contribution in [0.1, 0.15) is 19.8 Å². The van der Waals surface area contributed by atoms with Crippen LogP contribution in [0.3, 0.4) is 0 Å². The summed E-state index contributed by atoms with van der Waals surface area (Å²) in [6.07, 6.45) is 3.68. The zero-order valence-electron chi connectivity index (χ0n) is 13.4. The lowest BCUT2D eigenvalue weighted by atomic mass is 10.4. The molecule has 2 aromatic rings. The van der Waals surface area contributed by atoms with Crippen LogP contribution >= 0.6 is 0 Å². The van der Waals surface area contributed by atoms with Gasteiger partial charge in [-0.15, -0.1) is 0 Å². The minimum Gasteiger partial charge on any atom is -0.288 e. The first-order valence-corrected chi connectivity index (χ1v) is 10.3. The molecular formula is C19H23NO2Si. The van der Waals surface area contributed by atoms with Gasteiger partial charge >= 0.3 is 0 Å². The zero-order chi connectivity index (χ0) is 16.5. The molecule has 4 heteroatoms. The lowest BCUT2D eigenvalue weighted by Crippen LogP contribution is -2.57. The molecule has 3 nitrogen and oxygen atoms in total. The molecule has 23 heavy (non-hydrogen) atoms. The number of rotatable bonds is 7. The summed E-state index contributed by atoms with van der Waals surface area (Å²) in [6.45, 7) is 2.18. The Morgan fingerprint density at radius 3 is 2.00 bits per heavy atom. The van der Waals surface area contributed by atoms with Crippen molar-refractivity contribution in [3.63, 3.8) is 0 Å². The monoisotopic (exact) mass is 325 g/mol. The Bertz CT molecular complexity index is 601. The number of carbonyl (C=O) groups excluding carboxylic acids is 1. The Labute approximate surface area is 138 Å². The summed E-state index contributed by atoms with van der Waals surface area (Å²) < 4.78 is 0. The van der Waals surface area contributed by atoms with Gasteiger partial charge in [0, 0.05) is 0 Å². The number of hydroxylamine groups is 1. The minimum atomic E-state index is -2.20. The second-order valence-corrected chi connectivity index (χ2v) is 9.55. The van der Waals surface area contributed by atoms with Gasteiger partial charge in [0.25, 0.3) is 5.91 Å². The molecule has 0 unspecified atom stereocenters. The quantitative estimate of drug-likeness (QED) is 0.356. The van der Waals surface area contributed by atoms with E-state index in [-0.39, 0.29) is 0 Å². The van der Waals surface area contributed by atoms with Gasteiger partial charge in [-0.1, -0.05) is 86.1 Å². The van der Waals surface area contributed by atoms with Crippen LogP contribution < -0.4 is 15.9 Å². The van der Waals surface area contributed by atoms with Crippen LogP contribution in [0.4, 0.5) is 0 Å². The van der Waals surface area contributed by atoms with Crippen molar-refractivity contribution in [1.82, 2.24) is 5.48 Å². The van der Waals surface area contributed by atoms with Gasteiger partial charge in [0.2, 0.25) is 0 Å². The molecule has 0 aliphatic rings. The van der Waals surface area contributed by atoms with Crippen molar-refractivity contribution in [3.8, 4) is 0 Å². The van der Waals surface area contributed by atoms with E-state index >= 15 is 0 Å². The third kappa shape index (κ3) is 4.18. The number of hydrogen-bond acceptors (Lipinski definition) is 2. The fourth-order valence-electron chi connectivity index (χ4n) is 2.91. The van der Waals surface area contributed by atoms with E-state index in [4.69, 9.17) is 5.21 Å². The fourth-order valence-corrected chi connectivity index (χ4v) is 7.30. The fraction of sp³-hybridized carbons (Fsp3) is 0.211. The van der Waals surface area contributed by atoms with Gasteiger partial charge in [0.1, 0.15) is 8.07 Å². The number of benzene rings is 2. The van der Waals surface area contributed by atoms with Crippen molar-refractivity contribution in [3.05, 3.63) is 72.4 Å². The maximum absolute atomic E-state index is 11.6. The lowest BCUT2D eigenvalue weighted by molar-refractivity contribution is -0.124. The minimum absolute atomic E-state index is 0.481. The van der Waals surface area contributed by atoms with Crippen molar-refractivity contribution in [2.45, 2.75) is 25.8 Å². The maximum atomic E-state index is 11.6. The normalized spacial score (nSPS) is 11.6. The molecule has 0 aliphatic carbocycles. The summed E-state index contributed by atoms with van der Waals surface area (Å²) in [7, 11) is -2.20. The SMILES string of the molecule is CCCC[Si](C=CC(=O)NO)(c1ccccc1)c1ccccc1. The highest BCUT2D eigenvalue weighted by atomic mass is 28.3. The average molecular weight is 325 g/mol. The summed E-state index contributed by atoms with van der Waals surface area (Å²) >= 11 is 0. The summed E-state index contributed by atoms with van der Waals surface area (Å²) in [5.41, 5.74) is 3.73. The van der Waals surface area contributed by atoms with E-state index < -0.39 is 14.0 Å². The molecule has 1 amide bonds. The summed E-state index contributed by atoms with van der Waals surface area (Å²) in [6, 6.07) is 21.8. The first-order valence-electron chi connectivity index (χ1n) is 7.97. The maximum Gasteiger partial charge on any atom is 0.266 e. The Hall–Kier alpha value is -2.17. The molecule has 0 aromatic heterocycles. The second kappa shape index (κ2) is 8.46. The predicted octanol–water partition coefficient (Wildman–Crippen LogP) is 2.65. The van der Waals surface area contributed by atoms with Gasteiger partial charge in [-0.2, -0.15) is 0 Å². The molecule has 2 aromatic carbocycles. The van der Waals surface area contributed by atoms with Gasteiger partial charge < -0.3 is 0 Å². The van der Waals surface area contributed by atoms with Crippen molar-refractivity contribution in [1.29, 1.82) is 0 Å². The molecule has 0 fully saturated rings. The van der Waals surface area contributed by atoms with Crippen molar-refractivity contribution < 1.29 is 10.0 Å². The van der Waals surface area contributed by atoms with Crippen LogP contribution in [0, 0.1) is 0 Å². The Balaban J connectivity index is 2.58. The molecule has 0 saturated heterocycles. The first kappa shape index (κ1) is 17.2. The Morgan fingerprint density at radius 1 is 1.04 bits per heavy atom. The van der Waals surface area contributed by atoms with Crippen LogP contribution in [0.25, 0.3) is 0 Å². The zero-order valence-corrected chi connectivity index (χ0v) is 14.4. The number of carbonyl (C=O) groups is 1. The van der Waals surface area contributed by atoms with E-state index in [9.17, 15) is 4.79 Å². The summed E-state index contributed by atoms with van der Waals surface area (Å²) in [4.78, 5) is 11.6. The molecule has 2 rings (SSSR count). The van der Waals surface area contributed by atoms with Gasteiger partial charge in [0.15, 0.2) is 0 Å². The van der Waals surface area contributed by atoms with E-state index in [1.165, 1.54) is 16.4 Å². The lowest BCUT2D eigenvalue weighted by Gasteiger charge is -2.30. The van der Waals surface area contributed by atoms with Crippen molar-refractivity contribution in [2.24, 2.45) is 0 Å². The van der Waals surface area contributed by atoms with E-state index in [0.29, 0.717) is 0 Å². The van der Waals surface area contributed by atoms with Crippen molar-refractivity contribution >= 4 is 24.4 Å². The molecule has 0 aliphatic heterocycles. The van der Waals surface area contributed by atoms with Crippen LogP contribution in [0.2, 0.25) is 6.04 Å². The van der Waals surface area contributed by atoms with Gasteiger partial charge in [0.05, 0.1) is 0 Å². The van der Waals surface area contributed by atoms with E-state index in [1.807, 2.05) is 42.1 Å². The van der Waals surface area contributed by atoms with Gasteiger partial charge in [-0.05, 0) is 22.5 Å². The van der Waals surface area contributed by atoms with Gasteiger partial charge in [-0.25, -0.2) is 5.48 Å². The molecule has 0 heterocycles. The molecule has 0 radical (unpaired) electrons. The highest BCUT2D eigenvalue weighted by Crippen LogP contribution is 2.17. The number of nitrogens with one attached hydrogen (secondary N) is 1. The van der Waals surface area contributed by atoms with E-state index in [2.05, 4.69) is 31.2 Å². The van der Waals surface area contributed by atoms with Crippen molar-refractivity contribution in [2.75, 3.05) is 0 Å². The van der Waals surface area contributed by atoms with Crippen LogP contribution in [-0.4, -0.2) is 19.2 Å². The summed E-state index contributed by atoms with van der Waals surface area (Å²) in [5.74, 6) is -0.481. The second-order valence-electron chi connectivity index (χ2n) is 5.62. The molecule has 120 valence electrons. The molecular weight excluding hydrogens is 302 g/mol. The Kier molecular flexibility index (Phi) is 6.32. The first-order chi connectivity index (χ1) is 11.2. The van der Waals surface area contributed by atoms with Crippen LogP contribution in [0.15, 0.2) is 72.4 Å². The van der Waals surface area contributed by atoms with E-state index in [0.717, 1.165) is 18.9 Å². The van der Waals surface area contributed by atoms with Crippen LogP contribution in [0.5, 0.6) is 0 Å². The van der Waals surface area contributed by atoms with Gasteiger partial charge in [-0.3, -0.25) is 10.0 Å². The molecule has 0 bridgehead atoms. The third-order valence-corrected chi connectivity index (χ3v) is 8.74. The van der Waals surface area contributed by atoms with Crippen LogP contribution in [-0.2, 0) is 4.79 Å². The largest absolute Gasteiger partial charge is 0.288 e. The Morgan fingerprint density at radius 2 is 1.57 bits per heavy atom. The van der Waals surface area contributed by atoms with E-state index in [1.54, 1.807) is 5.48 Å².